The van der Waals surface area contributed by atoms with Gasteiger partial charge in [-0.25, -0.2) is 0 Å². The fourth-order valence-electron chi connectivity index (χ4n) is 2.57. The van der Waals surface area contributed by atoms with E-state index in [0.717, 1.165) is 25.2 Å². The van der Waals surface area contributed by atoms with Crippen molar-refractivity contribution in [2.45, 2.75) is 38.6 Å². The number of hydrogen-bond acceptors (Lipinski definition) is 5. The molecule has 0 aliphatic carbocycles. The van der Waals surface area contributed by atoms with Crippen LogP contribution in [-0.2, 0) is 0 Å². The van der Waals surface area contributed by atoms with Crippen LogP contribution < -0.4 is 16.0 Å². The van der Waals surface area contributed by atoms with Gasteiger partial charge in [-0.05, 0) is 31.9 Å². The van der Waals surface area contributed by atoms with Gasteiger partial charge in [0, 0.05) is 25.7 Å². The summed E-state index contributed by atoms with van der Waals surface area (Å²) in [6.45, 7) is 4.04. The molecule has 0 bridgehead atoms. The molecular weight excluding hydrogens is 254 g/mol. The van der Waals surface area contributed by atoms with E-state index in [-0.39, 0.29) is 5.91 Å². The van der Waals surface area contributed by atoms with Crippen LogP contribution in [0.4, 0.5) is 5.82 Å². The van der Waals surface area contributed by atoms with E-state index in [0.29, 0.717) is 24.8 Å². The van der Waals surface area contributed by atoms with Crippen LogP contribution in [0.5, 0.6) is 0 Å². The monoisotopic (exact) mass is 277 g/mol. The van der Waals surface area contributed by atoms with Crippen molar-refractivity contribution < 1.29 is 4.79 Å². The lowest BCUT2D eigenvalue weighted by Gasteiger charge is -2.29. The second-order valence-electron chi connectivity index (χ2n) is 5.07. The third-order valence-corrected chi connectivity index (χ3v) is 3.66. The summed E-state index contributed by atoms with van der Waals surface area (Å²) in [5.74, 6) is 0.633. The van der Waals surface area contributed by atoms with Crippen molar-refractivity contribution in [2.75, 3.05) is 24.5 Å². The molecule has 0 radical (unpaired) electrons. The lowest BCUT2D eigenvalue weighted by Crippen LogP contribution is -2.41. The number of rotatable bonds is 4. The highest BCUT2D eigenvalue weighted by Gasteiger charge is 2.21. The van der Waals surface area contributed by atoms with Gasteiger partial charge in [0.05, 0.1) is 0 Å². The molecule has 0 saturated carbocycles. The minimum absolute atomic E-state index is 0.183. The van der Waals surface area contributed by atoms with Crippen molar-refractivity contribution in [3.8, 4) is 0 Å². The Kier molecular flexibility index (Phi) is 5.29. The van der Waals surface area contributed by atoms with Crippen molar-refractivity contribution in [2.24, 2.45) is 5.73 Å². The first kappa shape index (κ1) is 14.7. The van der Waals surface area contributed by atoms with Crippen LogP contribution in [0.25, 0.3) is 0 Å². The van der Waals surface area contributed by atoms with Crippen LogP contribution in [0, 0.1) is 0 Å². The van der Waals surface area contributed by atoms with Crippen molar-refractivity contribution in [3.05, 3.63) is 17.8 Å². The lowest BCUT2D eigenvalue weighted by molar-refractivity contribution is 0.0950. The molecule has 20 heavy (non-hydrogen) atoms. The van der Waals surface area contributed by atoms with Crippen LogP contribution in [-0.4, -0.2) is 41.8 Å². The maximum absolute atomic E-state index is 11.7. The van der Waals surface area contributed by atoms with Crippen molar-refractivity contribution >= 4 is 11.7 Å². The molecule has 1 saturated heterocycles. The summed E-state index contributed by atoms with van der Waals surface area (Å²) in [5.41, 5.74) is 6.22. The first-order valence-electron chi connectivity index (χ1n) is 7.35. The molecule has 1 fully saturated rings. The number of nitrogens with zero attached hydrogens (tertiary/aromatic N) is 3. The third kappa shape index (κ3) is 3.45. The second kappa shape index (κ2) is 7.19. The van der Waals surface area contributed by atoms with Gasteiger partial charge in [0.1, 0.15) is 0 Å². The van der Waals surface area contributed by atoms with E-state index in [2.05, 4.69) is 20.4 Å². The van der Waals surface area contributed by atoms with Gasteiger partial charge in [0.15, 0.2) is 11.5 Å². The van der Waals surface area contributed by atoms with Crippen molar-refractivity contribution in [1.29, 1.82) is 0 Å². The van der Waals surface area contributed by atoms with E-state index in [9.17, 15) is 4.79 Å². The zero-order chi connectivity index (χ0) is 14.4. The number of aromatic nitrogens is 2. The number of hydrogen-bond donors (Lipinski definition) is 2. The highest BCUT2D eigenvalue weighted by Crippen LogP contribution is 2.21. The molecule has 1 atom stereocenters. The average Bonchev–Trinajstić information content (AvgIpc) is 2.72. The molecule has 1 aliphatic heterocycles. The molecule has 2 rings (SSSR count). The van der Waals surface area contributed by atoms with E-state index in [1.165, 1.54) is 12.8 Å². The second-order valence-corrected chi connectivity index (χ2v) is 5.07. The van der Waals surface area contributed by atoms with Gasteiger partial charge in [-0.1, -0.05) is 12.8 Å². The minimum atomic E-state index is -0.183. The Morgan fingerprint density at radius 2 is 2.25 bits per heavy atom. The highest BCUT2D eigenvalue weighted by molar-refractivity contribution is 5.92. The number of anilines is 1. The molecule has 110 valence electrons. The van der Waals surface area contributed by atoms with E-state index in [4.69, 9.17) is 5.73 Å². The first-order chi connectivity index (χ1) is 9.76. The van der Waals surface area contributed by atoms with Crippen molar-refractivity contribution in [3.63, 3.8) is 0 Å². The van der Waals surface area contributed by atoms with E-state index >= 15 is 0 Å². The highest BCUT2D eigenvalue weighted by atomic mass is 16.1. The summed E-state index contributed by atoms with van der Waals surface area (Å²) in [5, 5.41) is 10.9. The van der Waals surface area contributed by atoms with Gasteiger partial charge < -0.3 is 16.0 Å². The quantitative estimate of drug-likeness (QED) is 0.855. The summed E-state index contributed by atoms with van der Waals surface area (Å²) >= 11 is 0. The van der Waals surface area contributed by atoms with Crippen LogP contribution in [0.2, 0.25) is 0 Å². The molecule has 1 aliphatic rings. The molecular formula is C14H23N5O. The Bertz CT molecular complexity index is 434. The van der Waals surface area contributed by atoms with E-state index in [1.807, 2.05) is 13.0 Å². The maximum Gasteiger partial charge on any atom is 0.271 e. The largest absolute Gasteiger partial charge is 0.351 e. The molecule has 0 aromatic carbocycles. The summed E-state index contributed by atoms with van der Waals surface area (Å²) in [6, 6.07) is 3.92. The maximum atomic E-state index is 11.7. The van der Waals surface area contributed by atoms with Crippen LogP contribution in [0.15, 0.2) is 12.1 Å². The molecule has 0 spiro atoms. The summed E-state index contributed by atoms with van der Waals surface area (Å²) in [6.07, 6.45) is 4.69. The molecule has 3 N–H and O–H groups in total. The number of carbonyl (C=O) groups is 1. The van der Waals surface area contributed by atoms with Crippen LogP contribution >= 0.6 is 0 Å². The molecule has 6 nitrogen and oxygen atoms in total. The zero-order valence-electron chi connectivity index (χ0n) is 12.0. The molecule has 1 amide bonds. The predicted molar refractivity (Wildman–Crippen MR) is 78.7 cm³/mol. The van der Waals surface area contributed by atoms with Gasteiger partial charge in [-0.2, -0.15) is 0 Å². The van der Waals surface area contributed by atoms with Crippen LogP contribution in [0.1, 0.15) is 43.1 Å². The fourth-order valence-corrected chi connectivity index (χ4v) is 2.57. The van der Waals surface area contributed by atoms with Crippen molar-refractivity contribution in [1.82, 2.24) is 15.5 Å². The topological polar surface area (TPSA) is 84.1 Å². The Balaban J connectivity index is 2.13. The number of nitrogens with one attached hydrogen (secondary N) is 1. The molecule has 1 unspecified atom stereocenters. The van der Waals surface area contributed by atoms with Gasteiger partial charge in [0.2, 0.25) is 0 Å². The Labute approximate surface area is 119 Å². The Morgan fingerprint density at radius 3 is 2.90 bits per heavy atom. The third-order valence-electron chi connectivity index (χ3n) is 3.66. The standard InChI is InChI=1S/C14H23N5O/c1-2-16-14(20)12-7-8-13(18-17-12)19-9-5-3-4-6-11(19)10-15/h7-8,11H,2-6,9-10,15H2,1H3,(H,16,20). The summed E-state index contributed by atoms with van der Waals surface area (Å²) in [7, 11) is 0. The van der Waals surface area contributed by atoms with E-state index in [1.54, 1.807) is 6.07 Å². The lowest BCUT2D eigenvalue weighted by atomic mass is 10.1. The van der Waals surface area contributed by atoms with Gasteiger partial charge in [-0.15, -0.1) is 10.2 Å². The zero-order valence-corrected chi connectivity index (χ0v) is 12.0. The molecule has 2 heterocycles. The predicted octanol–water partition coefficient (Wildman–Crippen LogP) is 0.934. The number of amides is 1. The normalized spacial score (nSPS) is 19.5. The number of carbonyl (C=O) groups excluding carboxylic acids is 1. The molecule has 1 aromatic heterocycles. The Morgan fingerprint density at radius 1 is 1.40 bits per heavy atom. The molecule has 1 aromatic rings. The SMILES string of the molecule is CCNC(=O)c1ccc(N2CCCCCC2CN)nn1. The first-order valence-corrected chi connectivity index (χ1v) is 7.35. The van der Waals surface area contributed by atoms with Crippen LogP contribution in [0.3, 0.4) is 0 Å². The van der Waals surface area contributed by atoms with Gasteiger partial charge in [0.25, 0.3) is 5.91 Å². The summed E-state index contributed by atoms with van der Waals surface area (Å²) < 4.78 is 0. The van der Waals surface area contributed by atoms with E-state index < -0.39 is 0 Å². The smallest absolute Gasteiger partial charge is 0.271 e. The molecule has 6 heteroatoms. The minimum Gasteiger partial charge on any atom is -0.351 e. The van der Waals surface area contributed by atoms with Gasteiger partial charge >= 0.3 is 0 Å². The number of nitrogens with two attached hydrogens (primary N) is 1. The summed E-state index contributed by atoms with van der Waals surface area (Å²) in [4.78, 5) is 13.9. The average molecular weight is 277 g/mol. The Hall–Kier alpha value is -1.69. The fraction of sp³-hybridized carbons (Fsp3) is 0.643. The van der Waals surface area contributed by atoms with Gasteiger partial charge in [-0.3, -0.25) is 4.79 Å².